The van der Waals surface area contributed by atoms with E-state index in [0.29, 0.717) is 32.7 Å². The highest BCUT2D eigenvalue weighted by atomic mass is 32.2. The smallest absolute Gasteiger partial charge is 0.314 e. The van der Waals surface area contributed by atoms with Crippen molar-refractivity contribution in [2.45, 2.75) is 6.92 Å². The van der Waals surface area contributed by atoms with Crippen LogP contribution in [0.3, 0.4) is 0 Å². The molecule has 0 bridgehead atoms. The van der Waals surface area contributed by atoms with Gasteiger partial charge in [-0.15, -0.1) is 0 Å². The Labute approximate surface area is 141 Å². The topological polar surface area (TPSA) is 81.8 Å². The predicted octanol–water partition coefficient (Wildman–Crippen LogP) is 0.597. The maximum atomic E-state index is 13.0. The van der Waals surface area contributed by atoms with Crippen LogP contribution in [0, 0.1) is 5.82 Å². The van der Waals surface area contributed by atoms with Crippen molar-refractivity contribution in [1.29, 1.82) is 0 Å². The van der Waals surface area contributed by atoms with E-state index >= 15 is 0 Å². The minimum absolute atomic E-state index is 0.0757. The number of benzene rings is 1. The number of carbonyl (C=O) groups is 1. The zero-order valence-electron chi connectivity index (χ0n) is 13.7. The zero-order chi connectivity index (χ0) is 17.6. The van der Waals surface area contributed by atoms with E-state index in [1.165, 1.54) is 16.4 Å². The number of nitrogens with one attached hydrogen (secondary N) is 2. The van der Waals surface area contributed by atoms with Gasteiger partial charge < -0.3 is 15.5 Å². The summed E-state index contributed by atoms with van der Waals surface area (Å²) in [7, 11) is -3.40. The largest absolute Gasteiger partial charge is 0.369 e. The Balaban J connectivity index is 1.82. The molecular weight excluding hydrogens is 335 g/mol. The summed E-state index contributed by atoms with van der Waals surface area (Å²) in [5, 5.41) is 5.06. The molecule has 7 nitrogen and oxygen atoms in total. The van der Waals surface area contributed by atoms with Crippen LogP contribution in [0.25, 0.3) is 0 Å². The van der Waals surface area contributed by atoms with Crippen LogP contribution < -0.4 is 15.5 Å². The van der Waals surface area contributed by atoms with E-state index < -0.39 is 10.0 Å². The standard InChI is InChI=1S/C15H23FN4O3S/c1-2-17-15(21)18-7-12-24(22,23)20-10-8-19(9-11-20)14-5-3-13(16)4-6-14/h3-6H,2,7-12H2,1H3,(H2,17,18,21). The third-order valence-corrected chi connectivity index (χ3v) is 5.68. The van der Waals surface area contributed by atoms with Crippen molar-refractivity contribution in [3.8, 4) is 0 Å². The normalized spacial score (nSPS) is 16.0. The maximum Gasteiger partial charge on any atom is 0.314 e. The van der Waals surface area contributed by atoms with Crippen LogP contribution in [0.5, 0.6) is 0 Å². The zero-order valence-corrected chi connectivity index (χ0v) is 14.5. The fourth-order valence-electron chi connectivity index (χ4n) is 2.52. The molecule has 9 heteroatoms. The first-order valence-electron chi connectivity index (χ1n) is 7.92. The molecule has 134 valence electrons. The average molecular weight is 358 g/mol. The van der Waals surface area contributed by atoms with Crippen LogP contribution in [-0.2, 0) is 10.0 Å². The molecule has 1 aromatic rings. The molecule has 2 amide bonds. The maximum absolute atomic E-state index is 13.0. The van der Waals surface area contributed by atoms with Crippen LogP contribution in [0.1, 0.15) is 6.92 Å². The Morgan fingerprint density at radius 3 is 2.33 bits per heavy atom. The number of hydrogen-bond acceptors (Lipinski definition) is 4. The van der Waals surface area contributed by atoms with Gasteiger partial charge in [0.05, 0.1) is 5.75 Å². The molecule has 0 atom stereocenters. The minimum Gasteiger partial charge on any atom is -0.369 e. The Hall–Kier alpha value is -1.87. The molecule has 24 heavy (non-hydrogen) atoms. The van der Waals surface area contributed by atoms with Gasteiger partial charge in [0, 0.05) is 45.0 Å². The molecule has 1 aliphatic rings. The summed E-state index contributed by atoms with van der Waals surface area (Å²) in [6.07, 6.45) is 0. The molecule has 1 saturated heterocycles. The second kappa shape index (κ2) is 8.29. The molecule has 0 aliphatic carbocycles. The lowest BCUT2D eigenvalue weighted by Crippen LogP contribution is -2.50. The fraction of sp³-hybridized carbons (Fsp3) is 0.533. The van der Waals surface area contributed by atoms with Gasteiger partial charge in [-0.3, -0.25) is 0 Å². The fourth-order valence-corrected chi connectivity index (χ4v) is 3.86. The van der Waals surface area contributed by atoms with Crippen LogP contribution in [-0.4, -0.2) is 63.8 Å². The molecule has 0 saturated carbocycles. The van der Waals surface area contributed by atoms with Crippen molar-refractivity contribution >= 4 is 21.7 Å². The number of halogens is 1. The molecule has 0 radical (unpaired) electrons. The molecule has 1 aromatic carbocycles. The lowest BCUT2D eigenvalue weighted by atomic mass is 10.2. The first-order chi connectivity index (χ1) is 11.4. The number of hydrogen-bond donors (Lipinski definition) is 2. The Morgan fingerprint density at radius 1 is 1.12 bits per heavy atom. The van der Waals surface area contributed by atoms with E-state index in [0.717, 1.165) is 5.69 Å². The van der Waals surface area contributed by atoms with Gasteiger partial charge in [0.25, 0.3) is 0 Å². The lowest BCUT2D eigenvalue weighted by molar-refractivity contribution is 0.242. The van der Waals surface area contributed by atoms with Gasteiger partial charge in [0.15, 0.2) is 0 Å². The minimum atomic E-state index is -3.40. The number of nitrogens with zero attached hydrogens (tertiary/aromatic N) is 2. The second-order valence-electron chi connectivity index (χ2n) is 5.46. The van der Waals surface area contributed by atoms with E-state index in [1.54, 1.807) is 19.1 Å². The van der Waals surface area contributed by atoms with Crippen molar-refractivity contribution in [3.05, 3.63) is 30.1 Å². The summed E-state index contributed by atoms with van der Waals surface area (Å²) >= 11 is 0. The van der Waals surface area contributed by atoms with Gasteiger partial charge in [-0.2, -0.15) is 4.31 Å². The van der Waals surface area contributed by atoms with Crippen LogP contribution in [0.4, 0.5) is 14.9 Å². The molecule has 0 spiro atoms. The van der Waals surface area contributed by atoms with E-state index in [1.807, 2.05) is 4.90 Å². The summed E-state index contributed by atoms with van der Waals surface area (Å²) in [6.45, 7) is 4.21. The number of amides is 2. The van der Waals surface area contributed by atoms with E-state index in [-0.39, 0.29) is 24.1 Å². The number of urea groups is 1. The summed E-state index contributed by atoms with van der Waals surface area (Å²) < 4.78 is 39.0. The third-order valence-electron chi connectivity index (χ3n) is 3.81. The highest BCUT2D eigenvalue weighted by Gasteiger charge is 2.26. The van der Waals surface area contributed by atoms with Gasteiger partial charge in [0.1, 0.15) is 5.82 Å². The summed E-state index contributed by atoms with van der Waals surface area (Å²) in [6, 6.07) is 5.80. The molecule has 2 N–H and O–H groups in total. The van der Waals surface area contributed by atoms with Gasteiger partial charge in [-0.05, 0) is 31.2 Å². The summed E-state index contributed by atoms with van der Waals surface area (Å²) in [4.78, 5) is 13.3. The highest BCUT2D eigenvalue weighted by molar-refractivity contribution is 7.89. The van der Waals surface area contributed by atoms with Gasteiger partial charge in [-0.1, -0.05) is 0 Å². The number of rotatable bonds is 6. The molecular formula is C15H23FN4O3S. The number of piperazine rings is 1. The van der Waals surface area contributed by atoms with E-state index in [2.05, 4.69) is 10.6 Å². The van der Waals surface area contributed by atoms with Crippen LogP contribution >= 0.6 is 0 Å². The van der Waals surface area contributed by atoms with Crippen molar-refractivity contribution in [2.75, 3.05) is 49.9 Å². The van der Waals surface area contributed by atoms with Crippen LogP contribution in [0.2, 0.25) is 0 Å². The first-order valence-corrected chi connectivity index (χ1v) is 9.53. The molecule has 1 heterocycles. The predicted molar refractivity (Wildman–Crippen MR) is 91.0 cm³/mol. The monoisotopic (exact) mass is 358 g/mol. The summed E-state index contributed by atoms with van der Waals surface area (Å²) in [5.74, 6) is -0.416. The Kier molecular flexibility index (Phi) is 6.38. The van der Waals surface area contributed by atoms with E-state index in [4.69, 9.17) is 0 Å². The van der Waals surface area contributed by atoms with Gasteiger partial charge >= 0.3 is 6.03 Å². The first kappa shape index (κ1) is 18.5. The SMILES string of the molecule is CCNC(=O)NCCS(=O)(=O)N1CCN(c2ccc(F)cc2)CC1. The lowest BCUT2D eigenvalue weighted by Gasteiger charge is -2.35. The van der Waals surface area contributed by atoms with Crippen LogP contribution in [0.15, 0.2) is 24.3 Å². The Bertz CT molecular complexity index is 643. The average Bonchev–Trinajstić information content (AvgIpc) is 2.56. The molecule has 1 fully saturated rings. The quantitative estimate of drug-likeness (QED) is 0.780. The Morgan fingerprint density at radius 2 is 1.75 bits per heavy atom. The molecule has 0 unspecified atom stereocenters. The molecule has 2 rings (SSSR count). The van der Waals surface area contributed by atoms with Crippen molar-refractivity contribution < 1.29 is 17.6 Å². The summed E-state index contributed by atoms with van der Waals surface area (Å²) in [5.41, 5.74) is 0.881. The van der Waals surface area contributed by atoms with E-state index in [9.17, 15) is 17.6 Å². The third kappa shape index (κ3) is 5.07. The second-order valence-corrected chi connectivity index (χ2v) is 7.55. The molecule has 0 aromatic heterocycles. The number of carbonyl (C=O) groups excluding carboxylic acids is 1. The number of anilines is 1. The van der Waals surface area contributed by atoms with Gasteiger partial charge in [-0.25, -0.2) is 17.6 Å². The van der Waals surface area contributed by atoms with Crippen molar-refractivity contribution in [3.63, 3.8) is 0 Å². The van der Waals surface area contributed by atoms with Crippen molar-refractivity contribution in [1.82, 2.24) is 14.9 Å². The van der Waals surface area contributed by atoms with Gasteiger partial charge in [0.2, 0.25) is 10.0 Å². The van der Waals surface area contributed by atoms with Crippen molar-refractivity contribution in [2.24, 2.45) is 0 Å². The number of sulfonamides is 1. The highest BCUT2D eigenvalue weighted by Crippen LogP contribution is 2.18. The molecule has 1 aliphatic heterocycles.